The summed E-state index contributed by atoms with van der Waals surface area (Å²) in [6, 6.07) is 0. The van der Waals surface area contributed by atoms with Crippen molar-refractivity contribution in [3.63, 3.8) is 0 Å². The summed E-state index contributed by atoms with van der Waals surface area (Å²) in [4.78, 5) is 0. The van der Waals surface area contributed by atoms with Crippen LogP contribution in [0.1, 0.15) is 19.3 Å². The molecule has 1 heteroatoms. The Balaban J connectivity index is 2.10. The molecule has 3 aliphatic heterocycles. The third-order valence-electron chi connectivity index (χ3n) is 4.00. The molecule has 0 spiro atoms. The molecule has 10 heavy (non-hydrogen) atoms. The SMILES string of the molecule is C1=CC23CCC[P+]2(C1)CC3. The lowest BCUT2D eigenvalue weighted by molar-refractivity contribution is 0.605. The average Bonchev–Trinajstić information content (AvgIpc) is 2.16. The summed E-state index contributed by atoms with van der Waals surface area (Å²) >= 11 is 0. The zero-order valence-electron chi connectivity index (χ0n) is 6.34. The number of hydrogen-bond acceptors (Lipinski definition) is 0. The summed E-state index contributed by atoms with van der Waals surface area (Å²) in [7, 11) is -0.323. The Morgan fingerprint density at radius 1 is 1.20 bits per heavy atom. The molecule has 2 unspecified atom stereocenters. The Labute approximate surface area is 63.0 Å². The van der Waals surface area contributed by atoms with E-state index in [1.54, 1.807) is 31.6 Å². The van der Waals surface area contributed by atoms with Gasteiger partial charge in [-0.1, -0.05) is 0 Å². The minimum absolute atomic E-state index is 0.323. The smallest absolute Gasteiger partial charge is 0.0475 e. The molecule has 0 N–H and O–H groups in total. The zero-order valence-corrected chi connectivity index (χ0v) is 7.24. The maximum Gasteiger partial charge on any atom is 0.102 e. The third kappa shape index (κ3) is 0.406. The van der Waals surface area contributed by atoms with Gasteiger partial charge in [0.05, 0.1) is 18.5 Å². The third-order valence-corrected chi connectivity index (χ3v) is 9.64. The van der Waals surface area contributed by atoms with Gasteiger partial charge in [0.25, 0.3) is 0 Å². The monoisotopic (exact) mass is 153 g/mol. The maximum absolute atomic E-state index is 2.58. The van der Waals surface area contributed by atoms with Crippen LogP contribution < -0.4 is 0 Å². The first kappa shape index (κ1) is 5.77. The van der Waals surface area contributed by atoms with Crippen LogP contribution in [-0.4, -0.2) is 23.6 Å². The van der Waals surface area contributed by atoms with Crippen LogP contribution in [-0.2, 0) is 0 Å². The first-order chi connectivity index (χ1) is 4.87. The molecule has 0 aromatic heterocycles. The fourth-order valence-electron chi connectivity index (χ4n) is 3.26. The van der Waals surface area contributed by atoms with Gasteiger partial charge in [-0.2, -0.15) is 0 Å². The van der Waals surface area contributed by atoms with Crippen molar-refractivity contribution in [2.45, 2.75) is 24.4 Å². The highest BCUT2D eigenvalue weighted by Gasteiger charge is 2.68. The number of allylic oxidation sites excluding steroid dienone is 2. The van der Waals surface area contributed by atoms with Crippen molar-refractivity contribution in [3.8, 4) is 0 Å². The van der Waals surface area contributed by atoms with Crippen LogP contribution >= 0.6 is 7.26 Å². The molecule has 3 aliphatic rings. The topological polar surface area (TPSA) is 0 Å². The molecule has 0 aromatic carbocycles. The fraction of sp³-hybridized carbons (Fsp3) is 0.778. The Morgan fingerprint density at radius 3 is 2.90 bits per heavy atom. The Morgan fingerprint density at radius 2 is 2.20 bits per heavy atom. The lowest BCUT2D eigenvalue weighted by Crippen LogP contribution is -2.36. The van der Waals surface area contributed by atoms with Crippen molar-refractivity contribution in [1.29, 1.82) is 0 Å². The van der Waals surface area contributed by atoms with Crippen molar-refractivity contribution in [2.24, 2.45) is 0 Å². The molecule has 54 valence electrons. The summed E-state index contributed by atoms with van der Waals surface area (Å²) in [6.45, 7) is 0. The molecule has 2 atom stereocenters. The molecule has 2 fully saturated rings. The second kappa shape index (κ2) is 1.50. The first-order valence-electron chi connectivity index (χ1n) is 4.41. The predicted molar refractivity (Wildman–Crippen MR) is 47.2 cm³/mol. The molecular weight excluding hydrogens is 139 g/mol. The van der Waals surface area contributed by atoms with Crippen molar-refractivity contribution in [1.82, 2.24) is 0 Å². The van der Waals surface area contributed by atoms with Crippen molar-refractivity contribution in [3.05, 3.63) is 12.2 Å². The molecule has 0 saturated carbocycles. The van der Waals surface area contributed by atoms with E-state index in [0.717, 1.165) is 5.16 Å². The van der Waals surface area contributed by atoms with Gasteiger partial charge in [0.15, 0.2) is 0 Å². The van der Waals surface area contributed by atoms with Gasteiger partial charge in [-0.15, -0.1) is 0 Å². The van der Waals surface area contributed by atoms with Crippen LogP contribution in [0.5, 0.6) is 0 Å². The van der Waals surface area contributed by atoms with Gasteiger partial charge in [-0.3, -0.25) is 0 Å². The quantitative estimate of drug-likeness (QED) is 0.370. The summed E-state index contributed by atoms with van der Waals surface area (Å²) in [5.41, 5.74) is 0. The van der Waals surface area contributed by atoms with Gasteiger partial charge in [0.2, 0.25) is 0 Å². The maximum atomic E-state index is 2.58. The molecule has 0 aromatic rings. The molecule has 3 heterocycles. The normalized spacial score (nSPS) is 56.0. The molecule has 0 nitrogen and oxygen atoms in total. The number of rotatable bonds is 0. The van der Waals surface area contributed by atoms with E-state index in [-0.39, 0.29) is 7.26 Å². The summed E-state index contributed by atoms with van der Waals surface area (Å²) in [5, 5.41) is 0.854. The molecule has 0 bridgehead atoms. The predicted octanol–water partition coefficient (Wildman–Crippen LogP) is 2.51. The Hall–Kier alpha value is 0.170. The van der Waals surface area contributed by atoms with Gasteiger partial charge >= 0.3 is 0 Å². The fourth-order valence-corrected chi connectivity index (χ4v) is 8.42. The van der Waals surface area contributed by atoms with E-state index in [1.807, 2.05) is 0 Å². The van der Waals surface area contributed by atoms with Crippen molar-refractivity contribution in [2.75, 3.05) is 18.5 Å². The molecular formula is C9H14P+. The molecule has 0 amide bonds. The van der Waals surface area contributed by atoms with E-state index in [9.17, 15) is 0 Å². The second-order valence-electron chi connectivity index (χ2n) is 4.13. The van der Waals surface area contributed by atoms with E-state index in [2.05, 4.69) is 12.2 Å². The van der Waals surface area contributed by atoms with Gasteiger partial charge < -0.3 is 0 Å². The van der Waals surface area contributed by atoms with Crippen molar-refractivity contribution >= 4 is 7.26 Å². The van der Waals surface area contributed by atoms with E-state index in [4.69, 9.17) is 0 Å². The van der Waals surface area contributed by atoms with E-state index < -0.39 is 0 Å². The molecule has 0 aliphatic carbocycles. The van der Waals surface area contributed by atoms with Crippen LogP contribution in [0.2, 0.25) is 0 Å². The van der Waals surface area contributed by atoms with Gasteiger partial charge in [0.1, 0.15) is 5.16 Å². The summed E-state index contributed by atoms with van der Waals surface area (Å²) < 4.78 is 0. The van der Waals surface area contributed by atoms with E-state index in [0.29, 0.717) is 0 Å². The Bertz CT molecular complexity index is 209. The van der Waals surface area contributed by atoms with Crippen LogP contribution in [0, 0.1) is 0 Å². The standard InChI is InChI=1S/C9H14P/c1-3-9-4-2-7-10(9,6-1)8-5-9/h1,3H,2,4-8H2/q+1. The highest BCUT2D eigenvalue weighted by Crippen LogP contribution is 2.85. The van der Waals surface area contributed by atoms with Crippen LogP contribution in [0.3, 0.4) is 0 Å². The van der Waals surface area contributed by atoms with Crippen LogP contribution in [0.4, 0.5) is 0 Å². The minimum atomic E-state index is -0.323. The van der Waals surface area contributed by atoms with E-state index >= 15 is 0 Å². The lowest BCUT2D eigenvalue weighted by Gasteiger charge is -2.43. The average molecular weight is 153 g/mol. The largest absolute Gasteiger partial charge is 0.102 e. The van der Waals surface area contributed by atoms with Gasteiger partial charge in [-0.25, -0.2) is 0 Å². The Kier molecular flexibility index (Phi) is 0.869. The van der Waals surface area contributed by atoms with E-state index in [1.165, 1.54) is 6.16 Å². The highest BCUT2D eigenvalue weighted by atomic mass is 31.2. The molecule has 3 rings (SSSR count). The van der Waals surface area contributed by atoms with Gasteiger partial charge in [-0.05, 0) is 25.0 Å². The van der Waals surface area contributed by atoms with Crippen LogP contribution in [0.25, 0.3) is 0 Å². The first-order valence-corrected chi connectivity index (χ1v) is 6.75. The summed E-state index contributed by atoms with van der Waals surface area (Å²) in [6.07, 6.45) is 14.5. The minimum Gasteiger partial charge on any atom is -0.0475 e. The summed E-state index contributed by atoms with van der Waals surface area (Å²) in [5.74, 6) is 0. The number of hydrogen-bond donors (Lipinski definition) is 0. The highest BCUT2D eigenvalue weighted by molar-refractivity contribution is 7.79. The zero-order chi connectivity index (χ0) is 6.66. The lowest BCUT2D eigenvalue weighted by atomic mass is 9.99. The van der Waals surface area contributed by atoms with Crippen molar-refractivity contribution < 1.29 is 0 Å². The van der Waals surface area contributed by atoms with Crippen LogP contribution in [0.15, 0.2) is 12.2 Å². The van der Waals surface area contributed by atoms with Gasteiger partial charge in [0, 0.05) is 13.7 Å². The second-order valence-corrected chi connectivity index (χ2v) is 8.58. The molecule has 0 radical (unpaired) electrons. The molecule has 2 saturated heterocycles.